The Kier molecular flexibility index (Phi) is 103. The van der Waals surface area contributed by atoms with Crippen molar-refractivity contribution in [3.63, 3.8) is 0 Å². The number of carbonyl (C=O) groups excluding carboxylic acids is 14. The predicted octanol–water partition coefficient (Wildman–Crippen LogP) is -7.25. The molecule has 3 aliphatic rings. The lowest BCUT2D eigenvalue weighted by Gasteiger charge is -2.21. The summed E-state index contributed by atoms with van der Waals surface area (Å²) in [7, 11) is -1.48. The number of amides is 4. The first-order valence-corrected chi connectivity index (χ1v) is 36.6. The lowest BCUT2D eigenvalue weighted by Crippen LogP contribution is -2.49. The molecule has 0 spiro atoms. The van der Waals surface area contributed by atoms with Crippen LogP contribution in [0.4, 0.5) is 9.59 Å². The molecule has 3 fully saturated rings. The number of aldehydes is 12. The minimum absolute atomic E-state index is 0. The normalized spacial score (nSPS) is 22.3. The molecule has 0 aromatic carbocycles. The average Bonchev–Trinajstić information content (AvgIpc) is 3.65. The number of aliphatic hydroxyl groups excluding tert-OH is 2. The van der Waals surface area contributed by atoms with Crippen molar-refractivity contribution in [2.45, 2.75) is 73.0 Å². The van der Waals surface area contributed by atoms with Crippen molar-refractivity contribution in [1.82, 2.24) is 42.5 Å². The van der Waals surface area contributed by atoms with Crippen LogP contribution in [0.25, 0.3) is 0 Å². The molecule has 8 atom stereocenters. The van der Waals surface area contributed by atoms with Gasteiger partial charge in [0.25, 0.3) is 0 Å². The third kappa shape index (κ3) is 85.4. The highest BCUT2D eigenvalue weighted by atomic mass is 28.4. The summed E-state index contributed by atoms with van der Waals surface area (Å²) in [4.78, 5) is 129. The number of aliphatic hydroxyl groups is 2. The van der Waals surface area contributed by atoms with Crippen LogP contribution in [-0.2, 0) is 106 Å². The van der Waals surface area contributed by atoms with Gasteiger partial charge in [-0.15, -0.1) is 0 Å². The van der Waals surface area contributed by atoms with E-state index >= 15 is 0 Å². The van der Waals surface area contributed by atoms with Gasteiger partial charge in [-0.25, -0.2) is 9.59 Å². The van der Waals surface area contributed by atoms with Gasteiger partial charge in [-0.05, 0) is 64.7 Å². The van der Waals surface area contributed by atoms with Gasteiger partial charge < -0.3 is 101 Å². The van der Waals surface area contributed by atoms with E-state index in [2.05, 4.69) is 42.5 Å². The Bertz CT molecular complexity index is 1450. The molecule has 0 saturated carbocycles. The van der Waals surface area contributed by atoms with Crippen molar-refractivity contribution in [2.24, 2.45) is 0 Å². The summed E-state index contributed by atoms with van der Waals surface area (Å²) in [5.74, 6) is 0. The summed E-state index contributed by atoms with van der Waals surface area (Å²) in [6.45, 7) is 6.38. The van der Waals surface area contributed by atoms with Gasteiger partial charge in [0, 0.05) is 81.2 Å². The number of rotatable bonds is 12. The second kappa shape index (κ2) is 88.6. The van der Waals surface area contributed by atoms with E-state index in [1.54, 1.807) is 42.7 Å². The molecule has 3 aliphatic heterocycles. The third-order valence-corrected chi connectivity index (χ3v) is 23.1. The summed E-state index contributed by atoms with van der Waals surface area (Å²) in [5.41, 5.74) is 0. The maximum atomic E-state index is 11.6. The highest BCUT2D eigenvalue weighted by Gasteiger charge is 2.24. The number of carbonyl (C=O) groups is 14. The Hall–Kier alpha value is -4.80. The first-order chi connectivity index (χ1) is 41.2. The van der Waals surface area contributed by atoms with Crippen molar-refractivity contribution >= 4 is 143 Å². The summed E-state index contributed by atoms with van der Waals surface area (Å²) < 4.78 is 60.6. The highest BCUT2D eigenvalue weighted by molar-refractivity contribution is 6.60. The van der Waals surface area contributed by atoms with Crippen LogP contribution >= 0.6 is 0 Å². The largest absolute Gasteiger partial charge is 0.418 e. The Morgan fingerprint density at radius 1 is 0.352 bits per heavy atom. The SMILES string of the molecule is C.C.C.CO[SiH]1CNC(=O)NCCCCNC(=O)NC[SiH](OC)O1.CO[SiH]1CNCCCCNC[SiH](OC)O1.CO[SiH]1COCC(O)CNCCCCNCC(O)COC[SiH](OC)O1.O=CC=O.O=CC=O.O=CC=O.O=CC=O.O=CC=O.O=CC=O. The molecule has 3 rings (SSSR count). The predicted molar refractivity (Wildman–Crippen MR) is 337 cm³/mol. The molecule has 518 valence electrons. The number of hydrogen-bond donors (Lipinski definition) is 10. The lowest BCUT2D eigenvalue weighted by molar-refractivity contribution is -0.122. The highest BCUT2D eigenvalue weighted by Crippen LogP contribution is 2.00. The summed E-state index contributed by atoms with van der Waals surface area (Å²) in [5, 5.41) is 43.9. The Morgan fingerprint density at radius 3 is 0.830 bits per heavy atom. The Morgan fingerprint density at radius 2 is 0.580 bits per heavy atom. The fraction of sp³-hybridized carbons (Fsp3) is 0.702. The molecule has 8 unspecified atom stereocenters. The second-order valence-corrected chi connectivity index (χ2v) is 29.2. The molecule has 35 nitrogen and oxygen atoms in total. The van der Waals surface area contributed by atoms with Gasteiger partial charge in [0.05, 0.1) is 50.2 Å². The van der Waals surface area contributed by atoms with Gasteiger partial charge in [0.1, 0.15) is 0 Å². The van der Waals surface area contributed by atoms with Crippen LogP contribution in [0.2, 0.25) is 0 Å². The van der Waals surface area contributed by atoms with E-state index < -0.39 is 67.9 Å². The van der Waals surface area contributed by atoms with Crippen molar-refractivity contribution in [3.05, 3.63) is 0 Å². The number of hydrogen-bond acceptors (Lipinski definition) is 31. The van der Waals surface area contributed by atoms with Crippen LogP contribution < -0.4 is 42.5 Å². The number of nitrogens with one attached hydrogen (secondary N) is 8. The van der Waals surface area contributed by atoms with E-state index in [0.29, 0.717) is 51.0 Å². The van der Waals surface area contributed by atoms with E-state index in [-0.39, 0.29) is 123 Å². The second-order valence-electron chi connectivity index (χ2n) is 15.6. The monoisotopic (exact) mass is 1380 g/mol. The third-order valence-electron chi connectivity index (χ3n) is 9.28. The molecule has 0 aromatic heterocycles. The Balaban J connectivity index is -0.000000128. The fourth-order valence-electron chi connectivity index (χ4n) is 5.41. The van der Waals surface area contributed by atoms with Gasteiger partial charge in [0.15, 0.2) is 75.4 Å². The number of β-amino-alcohol motifs (C(OH)–C–C–N with tert-alkyl or cyclic N) is 2. The number of urea groups is 2. The molecule has 10 N–H and O–H groups in total. The van der Waals surface area contributed by atoms with Crippen LogP contribution in [0.1, 0.15) is 60.8 Å². The molecule has 41 heteroatoms. The van der Waals surface area contributed by atoms with Crippen molar-refractivity contribution < 1.29 is 126 Å². The van der Waals surface area contributed by atoms with Gasteiger partial charge in [-0.1, -0.05) is 22.3 Å². The topological polar surface area (TPSA) is 477 Å². The van der Waals surface area contributed by atoms with Crippen LogP contribution in [0.5, 0.6) is 0 Å². The molecule has 4 amide bonds. The van der Waals surface area contributed by atoms with Crippen LogP contribution in [0.15, 0.2) is 0 Å². The van der Waals surface area contributed by atoms with Gasteiger partial charge >= 0.3 is 67.8 Å². The van der Waals surface area contributed by atoms with E-state index in [0.717, 1.165) is 64.2 Å². The standard InChI is InChI=1S/C14H34N2O7Si2.C10H24N4O5Si2.C8H22N2O3Si2.6C2H2O2.3CH4/c1-19-24-11-21-9-13(17)7-15-5-3-4-6-16-8-14(18)10-22-12-25(20-2)23-24;1-17-20-7-13-9(15)11-5-3-4-6-12-10(16)14-8-21(18-2)19-20;1-11-14-7-9-5-3-4-6-10-8-15(12-2)13-14;6*3-1-2-4;;;/h13-18,24-25H,3-12H2,1-2H3;20-21H,3-8H2,1-2H3,(H2,11,13,15)(H2,12,14,16);9-10,14-15H,3-8H2,1-2H3;6*1-2H;3*1H4. The van der Waals surface area contributed by atoms with E-state index in [1.165, 1.54) is 12.8 Å². The summed E-state index contributed by atoms with van der Waals surface area (Å²) in [6.07, 6.45) is 10.4. The van der Waals surface area contributed by atoms with Gasteiger partial charge in [-0.3, -0.25) is 57.5 Å². The van der Waals surface area contributed by atoms with Crippen LogP contribution in [0, 0.1) is 0 Å². The number of ether oxygens (including phenoxy) is 2. The summed E-state index contributed by atoms with van der Waals surface area (Å²) >= 11 is 0. The fourth-order valence-corrected chi connectivity index (χ4v) is 17.5. The average molecular weight is 1380 g/mol. The molecule has 3 heterocycles. The minimum Gasteiger partial charge on any atom is -0.418 e. The van der Waals surface area contributed by atoms with Crippen LogP contribution in [-0.4, -0.2) is 311 Å². The van der Waals surface area contributed by atoms with Gasteiger partial charge in [-0.2, -0.15) is 0 Å². The molecule has 0 bridgehead atoms. The van der Waals surface area contributed by atoms with E-state index in [1.807, 2.05) is 0 Å². The smallest absolute Gasteiger partial charge is 0.338 e. The van der Waals surface area contributed by atoms with Crippen LogP contribution in [0.3, 0.4) is 0 Å². The first kappa shape index (κ1) is 102. The maximum absolute atomic E-state index is 11.6. The molecular weight excluding hydrogens is 1280 g/mol. The Labute approximate surface area is 527 Å². The molecule has 0 aromatic rings. The van der Waals surface area contributed by atoms with E-state index in [9.17, 15) is 19.8 Å². The van der Waals surface area contributed by atoms with E-state index in [4.69, 9.17) is 106 Å². The first-order valence-electron chi connectivity index (χ1n) is 26.0. The summed E-state index contributed by atoms with van der Waals surface area (Å²) in [6, 6.07) is -0.471. The zero-order valence-electron chi connectivity index (χ0n) is 49.2. The van der Waals surface area contributed by atoms with Crippen molar-refractivity contribution in [3.8, 4) is 0 Å². The van der Waals surface area contributed by atoms with Gasteiger partial charge in [0.2, 0.25) is 0 Å². The minimum atomic E-state index is -2.04. The quantitative estimate of drug-likeness (QED) is 0.0493. The maximum Gasteiger partial charge on any atom is 0.338 e. The molecule has 3 saturated heterocycles. The van der Waals surface area contributed by atoms with Crippen molar-refractivity contribution in [2.75, 3.05) is 145 Å². The zero-order chi connectivity index (χ0) is 65.3. The molecule has 88 heavy (non-hydrogen) atoms. The molecule has 0 aliphatic carbocycles. The molecular formula is C47H104N8O27Si6. The van der Waals surface area contributed by atoms with Crippen molar-refractivity contribution in [1.29, 1.82) is 0 Å². The molecule has 0 radical (unpaired) electrons. The lowest BCUT2D eigenvalue weighted by atomic mass is 10.3. The zero-order valence-corrected chi connectivity index (χ0v) is 56.1.